The fourth-order valence-electron chi connectivity index (χ4n) is 2.19. The van der Waals surface area contributed by atoms with E-state index in [9.17, 15) is 9.59 Å². The number of pyridine rings is 1. The van der Waals surface area contributed by atoms with Gasteiger partial charge in [0.2, 0.25) is 0 Å². The molecule has 3 rings (SSSR count). The molecular formula is C14H12N4O2. The molecule has 0 atom stereocenters. The van der Waals surface area contributed by atoms with E-state index >= 15 is 0 Å². The van der Waals surface area contributed by atoms with Crippen LogP contribution in [0.5, 0.6) is 0 Å². The van der Waals surface area contributed by atoms with Crippen LogP contribution in [-0.4, -0.2) is 21.7 Å². The number of anilines is 1. The first-order chi connectivity index (χ1) is 9.70. The van der Waals surface area contributed by atoms with Crippen LogP contribution in [0.1, 0.15) is 26.4 Å². The highest BCUT2D eigenvalue weighted by Crippen LogP contribution is 2.23. The average molecular weight is 268 g/mol. The van der Waals surface area contributed by atoms with Crippen LogP contribution in [0, 0.1) is 0 Å². The Labute approximate surface area is 115 Å². The van der Waals surface area contributed by atoms with Gasteiger partial charge in [-0.15, -0.1) is 0 Å². The van der Waals surface area contributed by atoms with E-state index in [1.165, 1.54) is 4.90 Å². The molecule has 2 aromatic rings. The van der Waals surface area contributed by atoms with Gasteiger partial charge in [-0.05, 0) is 24.3 Å². The zero-order chi connectivity index (χ0) is 14.1. The highest BCUT2D eigenvalue weighted by Gasteiger charge is 2.35. The lowest BCUT2D eigenvalue weighted by Crippen LogP contribution is -2.29. The van der Waals surface area contributed by atoms with E-state index in [-0.39, 0.29) is 18.4 Å². The molecule has 6 nitrogen and oxygen atoms in total. The third-order valence-corrected chi connectivity index (χ3v) is 3.15. The van der Waals surface area contributed by atoms with Crippen LogP contribution in [0.4, 0.5) is 5.82 Å². The van der Waals surface area contributed by atoms with Crippen LogP contribution in [0.2, 0.25) is 0 Å². The molecule has 1 aliphatic heterocycles. The molecule has 0 spiro atoms. The summed E-state index contributed by atoms with van der Waals surface area (Å²) in [5, 5.41) is 0. The van der Waals surface area contributed by atoms with Gasteiger partial charge in [0, 0.05) is 0 Å². The predicted octanol–water partition coefficient (Wildman–Crippen LogP) is 1.16. The van der Waals surface area contributed by atoms with Crippen LogP contribution >= 0.6 is 0 Å². The Morgan fingerprint density at radius 1 is 1.00 bits per heavy atom. The van der Waals surface area contributed by atoms with Gasteiger partial charge in [-0.25, -0.2) is 10.8 Å². The second kappa shape index (κ2) is 4.75. The van der Waals surface area contributed by atoms with Gasteiger partial charge in [-0.1, -0.05) is 18.2 Å². The van der Waals surface area contributed by atoms with E-state index in [2.05, 4.69) is 10.4 Å². The van der Waals surface area contributed by atoms with Crippen molar-refractivity contribution in [1.29, 1.82) is 0 Å². The van der Waals surface area contributed by atoms with E-state index in [4.69, 9.17) is 5.84 Å². The minimum Gasteiger partial charge on any atom is -0.308 e. The van der Waals surface area contributed by atoms with E-state index in [0.717, 1.165) is 0 Å². The van der Waals surface area contributed by atoms with Gasteiger partial charge in [-0.3, -0.25) is 14.5 Å². The minimum atomic E-state index is -0.293. The Morgan fingerprint density at radius 3 is 2.25 bits per heavy atom. The number of nitrogens with two attached hydrogens (primary N) is 1. The second-order valence-corrected chi connectivity index (χ2v) is 4.40. The molecule has 2 heterocycles. The third kappa shape index (κ3) is 1.92. The van der Waals surface area contributed by atoms with Gasteiger partial charge in [-0.2, -0.15) is 0 Å². The summed E-state index contributed by atoms with van der Waals surface area (Å²) in [5.74, 6) is 5.19. The summed E-state index contributed by atoms with van der Waals surface area (Å²) in [6.45, 7) is 0.127. The first-order valence-corrected chi connectivity index (χ1v) is 6.08. The molecule has 0 bridgehead atoms. The molecule has 0 saturated carbocycles. The monoisotopic (exact) mass is 268 g/mol. The molecule has 100 valence electrons. The highest BCUT2D eigenvalue weighted by molar-refractivity contribution is 6.21. The molecule has 0 saturated heterocycles. The molecule has 1 aliphatic rings. The van der Waals surface area contributed by atoms with E-state index in [1.807, 2.05) is 0 Å². The number of rotatable bonds is 3. The summed E-state index contributed by atoms with van der Waals surface area (Å²) < 4.78 is 0. The maximum absolute atomic E-state index is 12.2. The van der Waals surface area contributed by atoms with Crippen LogP contribution in [0.25, 0.3) is 0 Å². The number of aromatic nitrogens is 1. The third-order valence-electron chi connectivity index (χ3n) is 3.15. The first-order valence-electron chi connectivity index (χ1n) is 6.08. The summed E-state index contributed by atoms with van der Waals surface area (Å²) in [7, 11) is 0. The number of carbonyl (C=O) groups is 2. The number of benzene rings is 1. The average Bonchev–Trinajstić information content (AvgIpc) is 2.73. The van der Waals surface area contributed by atoms with Crippen molar-refractivity contribution in [3.63, 3.8) is 0 Å². The van der Waals surface area contributed by atoms with Crippen LogP contribution in [-0.2, 0) is 6.54 Å². The molecular weight excluding hydrogens is 256 g/mol. The van der Waals surface area contributed by atoms with Crippen molar-refractivity contribution in [3.05, 3.63) is 59.3 Å². The number of imide groups is 1. The Balaban J connectivity index is 1.89. The fraction of sp³-hybridized carbons (Fsp3) is 0.0714. The van der Waals surface area contributed by atoms with Gasteiger partial charge >= 0.3 is 0 Å². The lowest BCUT2D eigenvalue weighted by atomic mass is 10.1. The van der Waals surface area contributed by atoms with Crippen molar-refractivity contribution in [2.75, 3.05) is 5.43 Å². The number of hydrazine groups is 1. The molecule has 0 radical (unpaired) electrons. The Kier molecular flexibility index (Phi) is 2.92. The van der Waals surface area contributed by atoms with E-state index in [1.54, 1.807) is 42.5 Å². The summed E-state index contributed by atoms with van der Waals surface area (Å²) in [5.41, 5.74) is 3.90. The zero-order valence-electron chi connectivity index (χ0n) is 10.5. The van der Waals surface area contributed by atoms with E-state index in [0.29, 0.717) is 22.6 Å². The maximum atomic E-state index is 12.2. The first kappa shape index (κ1) is 12.3. The van der Waals surface area contributed by atoms with Crippen LogP contribution < -0.4 is 11.3 Å². The second-order valence-electron chi connectivity index (χ2n) is 4.40. The molecule has 0 aliphatic carbocycles. The summed E-state index contributed by atoms with van der Waals surface area (Å²) in [4.78, 5) is 29.8. The number of nitrogens with one attached hydrogen (secondary N) is 1. The lowest BCUT2D eigenvalue weighted by Gasteiger charge is -2.13. The van der Waals surface area contributed by atoms with Crippen LogP contribution in [0.15, 0.2) is 42.5 Å². The van der Waals surface area contributed by atoms with Gasteiger partial charge in [0.05, 0.1) is 23.4 Å². The molecule has 2 amide bonds. The quantitative estimate of drug-likeness (QED) is 0.495. The van der Waals surface area contributed by atoms with Crippen molar-refractivity contribution in [2.45, 2.75) is 6.54 Å². The van der Waals surface area contributed by atoms with Gasteiger partial charge in [0.1, 0.15) is 5.82 Å². The summed E-state index contributed by atoms with van der Waals surface area (Å²) >= 11 is 0. The van der Waals surface area contributed by atoms with Crippen molar-refractivity contribution < 1.29 is 9.59 Å². The van der Waals surface area contributed by atoms with E-state index < -0.39 is 0 Å². The molecule has 1 aromatic carbocycles. The largest absolute Gasteiger partial charge is 0.308 e. The summed E-state index contributed by atoms with van der Waals surface area (Å²) in [6.07, 6.45) is 0. The number of hydrogen-bond donors (Lipinski definition) is 2. The van der Waals surface area contributed by atoms with Gasteiger partial charge in [0.15, 0.2) is 0 Å². The molecule has 0 unspecified atom stereocenters. The van der Waals surface area contributed by atoms with Crippen molar-refractivity contribution in [2.24, 2.45) is 5.84 Å². The van der Waals surface area contributed by atoms with Crippen LogP contribution in [0.3, 0.4) is 0 Å². The molecule has 1 aromatic heterocycles. The Hall–Kier alpha value is -2.73. The van der Waals surface area contributed by atoms with Gasteiger partial charge in [0.25, 0.3) is 11.8 Å². The Bertz CT molecular complexity index is 664. The lowest BCUT2D eigenvalue weighted by molar-refractivity contribution is 0.0640. The molecule has 0 fully saturated rings. The fourth-order valence-corrected chi connectivity index (χ4v) is 2.19. The number of fused-ring (bicyclic) bond motifs is 1. The van der Waals surface area contributed by atoms with Gasteiger partial charge < -0.3 is 5.43 Å². The van der Waals surface area contributed by atoms with Crippen molar-refractivity contribution in [1.82, 2.24) is 9.88 Å². The number of nitrogens with zero attached hydrogens (tertiary/aromatic N) is 2. The smallest absolute Gasteiger partial charge is 0.261 e. The normalized spacial score (nSPS) is 13.6. The van der Waals surface area contributed by atoms with Crippen molar-refractivity contribution in [3.8, 4) is 0 Å². The SMILES string of the molecule is NNc1cccc(CN2C(=O)c3ccccc3C2=O)n1. The molecule has 20 heavy (non-hydrogen) atoms. The van der Waals surface area contributed by atoms with Crippen molar-refractivity contribution >= 4 is 17.6 Å². The zero-order valence-corrected chi connectivity index (χ0v) is 10.5. The standard InChI is InChI=1S/C14H12N4O2/c15-17-12-7-3-4-9(16-12)8-18-13(19)10-5-1-2-6-11(10)14(18)20/h1-7H,8,15H2,(H,16,17). The molecule has 3 N–H and O–H groups in total. The Morgan fingerprint density at radius 2 is 1.65 bits per heavy atom. The molecule has 6 heteroatoms. The minimum absolute atomic E-state index is 0.127. The number of nitrogen functional groups attached to an aromatic ring is 1. The number of carbonyl (C=O) groups excluding carboxylic acids is 2. The maximum Gasteiger partial charge on any atom is 0.261 e. The topological polar surface area (TPSA) is 88.3 Å². The summed E-state index contributed by atoms with van der Waals surface area (Å²) in [6, 6.07) is 12.0. The number of hydrogen-bond acceptors (Lipinski definition) is 5. The highest BCUT2D eigenvalue weighted by atomic mass is 16.2. The number of amides is 2. The predicted molar refractivity (Wildman–Crippen MR) is 72.7 cm³/mol.